The Labute approximate surface area is 160 Å². The Kier molecular flexibility index (Phi) is 4.56. The maximum absolute atomic E-state index is 4.87. The van der Waals surface area contributed by atoms with Gasteiger partial charge in [0.1, 0.15) is 5.82 Å². The van der Waals surface area contributed by atoms with Crippen molar-refractivity contribution < 1.29 is 0 Å². The van der Waals surface area contributed by atoms with Gasteiger partial charge in [-0.3, -0.25) is 0 Å². The molecule has 3 aromatic rings. The Morgan fingerprint density at radius 2 is 1.89 bits per heavy atom. The van der Waals surface area contributed by atoms with Crippen molar-refractivity contribution in [2.75, 3.05) is 23.3 Å². The molecule has 3 heterocycles. The molecule has 6 nitrogen and oxygen atoms in total. The number of aromatic amines is 1. The van der Waals surface area contributed by atoms with E-state index in [1.807, 2.05) is 6.20 Å². The summed E-state index contributed by atoms with van der Waals surface area (Å²) in [6.45, 7) is 10.4. The normalized spacial score (nSPS) is 13.1. The highest BCUT2D eigenvalue weighted by molar-refractivity contribution is 5.66. The van der Waals surface area contributed by atoms with Crippen LogP contribution in [0.15, 0.2) is 24.7 Å². The second-order valence-electron chi connectivity index (χ2n) is 7.40. The highest BCUT2D eigenvalue weighted by Crippen LogP contribution is 2.31. The van der Waals surface area contributed by atoms with Crippen molar-refractivity contribution in [1.29, 1.82) is 0 Å². The number of H-pyrrole nitrogens is 1. The van der Waals surface area contributed by atoms with Crippen molar-refractivity contribution in [3.05, 3.63) is 58.3 Å². The van der Waals surface area contributed by atoms with Crippen molar-refractivity contribution >= 4 is 17.5 Å². The van der Waals surface area contributed by atoms with Crippen LogP contribution in [0.25, 0.3) is 0 Å². The highest BCUT2D eigenvalue weighted by Gasteiger charge is 2.24. The summed E-state index contributed by atoms with van der Waals surface area (Å²) >= 11 is 0. The third-order valence-corrected chi connectivity index (χ3v) is 5.24. The fourth-order valence-corrected chi connectivity index (χ4v) is 3.93. The SMILES string of the molecule is Cc1cc(C)c(Nc2nc(C)c3c(n2)N(CCc2cnc[nH]2)CC3)c(C)c1. The second kappa shape index (κ2) is 7.02. The van der Waals surface area contributed by atoms with Crippen molar-refractivity contribution in [2.24, 2.45) is 0 Å². The lowest BCUT2D eigenvalue weighted by Gasteiger charge is -2.19. The molecule has 0 radical (unpaired) electrons. The van der Waals surface area contributed by atoms with Gasteiger partial charge in [0.25, 0.3) is 0 Å². The first-order chi connectivity index (χ1) is 13.0. The summed E-state index contributed by atoms with van der Waals surface area (Å²) in [5.74, 6) is 1.74. The zero-order valence-electron chi connectivity index (χ0n) is 16.4. The smallest absolute Gasteiger partial charge is 0.229 e. The van der Waals surface area contributed by atoms with Gasteiger partial charge in [-0.25, -0.2) is 9.97 Å². The fourth-order valence-electron chi connectivity index (χ4n) is 3.93. The molecule has 2 aromatic heterocycles. The van der Waals surface area contributed by atoms with Crippen LogP contribution >= 0.6 is 0 Å². The van der Waals surface area contributed by atoms with E-state index in [2.05, 4.69) is 60.0 Å². The molecule has 0 atom stereocenters. The van der Waals surface area contributed by atoms with E-state index in [9.17, 15) is 0 Å². The molecule has 6 heteroatoms. The van der Waals surface area contributed by atoms with Crippen LogP contribution in [0.4, 0.5) is 17.5 Å². The quantitative estimate of drug-likeness (QED) is 0.723. The molecule has 2 N–H and O–H groups in total. The second-order valence-corrected chi connectivity index (χ2v) is 7.40. The molecule has 1 aliphatic rings. The van der Waals surface area contributed by atoms with Crippen molar-refractivity contribution in [2.45, 2.75) is 40.5 Å². The molecule has 1 aliphatic heterocycles. The summed E-state index contributed by atoms with van der Waals surface area (Å²) in [5.41, 5.74) is 8.28. The number of anilines is 3. The average molecular weight is 362 g/mol. The van der Waals surface area contributed by atoms with Gasteiger partial charge in [-0.2, -0.15) is 4.98 Å². The van der Waals surface area contributed by atoms with Gasteiger partial charge in [-0.05, 0) is 45.2 Å². The van der Waals surface area contributed by atoms with Crippen LogP contribution in [0.2, 0.25) is 0 Å². The molecule has 0 unspecified atom stereocenters. The number of imidazole rings is 1. The van der Waals surface area contributed by atoms with Gasteiger partial charge >= 0.3 is 0 Å². The Morgan fingerprint density at radius 3 is 2.59 bits per heavy atom. The van der Waals surface area contributed by atoms with E-state index < -0.39 is 0 Å². The van der Waals surface area contributed by atoms with Gasteiger partial charge in [-0.1, -0.05) is 17.7 Å². The van der Waals surface area contributed by atoms with Gasteiger partial charge in [-0.15, -0.1) is 0 Å². The molecule has 4 rings (SSSR count). The molecule has 140 valence electrons. The summed E-state index contributed by atoms with van der Waals surface area (Å²) in [5, 5.41) is 3.46. The number of aryl methyl sites for hydroxylation is 4. The van der Waals surface area contributed by atoms with Crippen LogP contribution in [-0.2, 0) is 12.8 Å². The first-order valence-electron chi connectivity index (χ1n) is 9.46. The Bertz CT molecular complexity index is 938. The molecule has 27 heavy (non-hydrogen) atoms. The first-order valence-corrected chi connectivity index (χ1v) is 9.46. The highest BCUT2D eigenvalue weighted by atomic mass is 15.2. The number of fused-ring (bicyclic) bond motifs is 1. The van der Waals surface area contributed by atoms with Crippen LogP contribution in [0.5, 0.6) is 0 Å². The van der Waals surface area contributed by atoms with Crippen LogP contribution in [0.3, 0.4) is 0 Å². The molecule has 0 spiro atoms. The Morgan fingerprint density at radius 1 is 1.11 bits per heavy atom. The van der Waals surface area contributed by atoms with Gasteiger partial charge in [0.05, 0.1) is 6.33 Å². The third kappa shape index (κ3) is 3.52. The molecule has 0 amide bonds. The van der Waals surface area contributed by atoms with Gasteiger partial charge in [0.15, 0.2) is 0 Å². The van der Waals surface area contributed by atoms with E-state index in [1.54, 1.807) is 6.33 Å². The predicted molar refractivity (Wildman–Crippen MR) is 109 cm³/mol. The lowest BCUT2D eigenvalue weighted by atomic mass is 10.1. The van der Waals surface area contributed by atoms with E-state index in [0.29, 0.717) is 5.95 Å². The van der Waals surface area contributed by atoms with Crippen molar-refractivity contribution in [1.82, 2.24) is 19.9 Å². The standard InChI is InChI=1S/C21H26N6/c1-13-9-14(2)19(15(3)10-13)25-21-24-16(4)18-6-8-27(20(18)26-21)7-5-17-11-22-12-23-17/h9-12H,5-8H2,1-4H3,(H,22,23)(H,24,25,26). The monoisotopic (exact) mass is 362 g/mol. The summed E-state index contributed by atoms with van der Waals surface area (Å²) in [4.78, 5) is 19.2. The number of hydrogen-bond acceptors (Lipinski definition) is 5. The van der Waals surface area contributed by atoms with E-state index >= 15 is 0 Å². The summed E-state index contributed by atoms with van der Waals surface area (Å²) in [7, 11) is 0. The van der Waals surface area contributed by atoms with Gasteiger partial charge in [0, 0.05) is 48.3 Å². The minimum atomic E-state index is 0.676. The summed E-state index contributed by atoms with van der Waals surface area (Å²) in [6, 6.07) is 4.37. The number of nitrogens with zero attached hydrogens (tertiary/aromatic N) is 4. The zero-order chi connectivity index (χ0) is 19.0. The maximum atomic E-state index is 4.87. The van der Waals surface area contributed by atoms with E-state index in [1.165, 1.54) is 22.3 Å². The van der Waals surface area contributed by atoms with Crippen molar-refractivity contribution in [3.63, 3.8) is 0 Å². The number of nitrogens with one attached hydrogen (secondary N) is 2. The number of aromatic nitrogens is 4. The molecule has 0 bridgehead atoms. The summed E-state index contributed by atoms with van der Waals surface area (Å²) in [6.07, 6.45) is 5.56. The third-order valence-electron chi connectivity index (χ3n) is 5.24. The predicted octanol–water partition coefficient (Wildman–Crippen LogP) is 3.78. The molecule has 0 saturated heterocycles. The fraction of sp³-hybridized carbons (Fsp3) is 0.381. The molecular weight excluding hydrogens is 336 g/mol. The van der Waals surface area contributed by atoms with Crippen LogP contribution in [-0.4, -0.2) is 33.0 Å². The van der Waals surface area contributed by atoms with E-state index in [0.717, 1.165) is 48.8 Å². The van der Waals surface area contributed by atoms with Crippen LogP contribution in [0.1, 0.15) is 33.6 Å². The number of hydrogen-bond donors (Lipinski definition) is 2. The Balaban J connectivity index is 1.59. The molecule has 0 aliphatic carbocycles. The molecule has 1 aromatic carbocycles. The van der Waals surface area contributed by atoms with E-state index in [-0.39, 0.29) is 0 Å². The first kappa shape index (κ1) is 17.5. The largest absolute Gasteiger partial charge is 0.355 e. The van der Waals surface area contributed by atoms with Crippen LogP contribution < -0.4 is 10.2 Å². The average Bonchev–Trinajstić information content (AvgIpc) is 3.26. The van der Waals surface area contributed by atoms with Gasteiger partial charge in [0.2, 0.25) is 5.95 Å². The van der Waals surface area contributed by atoms with Gasteiger partial charge < -0.3 is 15.2 Å². The van der Waals surface area contributed by atoms with E-state index in [4.69, 9.17) is 9.97 Å². The number of rotatable bonds is 5. The molecular formula is C21H26N6. The Hall–Kier alpha value is -2.89. The minimum absolute atomic E-state index is 0.676. The number of benzene rings is 1. The summed E-state index contributed by atoms with van der Waals surface area (Å²) < 4.78 is 0. The molecule has 0 saturated carbocycles. The topological polar surface area (TPSA) is 69.7 Å². The minimum Gasteiger partial charge on any atom is -0.355 e. The van der Waals surface area contributed by atoms with Crippen molar-refractivity contribution in [3.8, 4) is 0 Å². The lowest BCUT2D eigenvalue weighted by Crippen LogP contribution is -2.24. The lowest BCUT2D eigenvalue weighted by molar-refractivity contribution is 0.794. The van der Waals surface area contributed by atoms with Crippen LogP contribution in [0, 0.1) is 27.7 Å². The zero-order valence-corrected chi connectivity index (χ0v) is 16.4. The maximum Gasteiger partial charge on any atom is 0.229 e. The molecule has 0 fully saturated rings.